The predicted octanol–water partition coefficient (Wildman–Crippen LogP) is 0.880. The van der Waals surface area contributed by atoms with E-state index in [4.69, 9.17) is 16.9 Å². The fraction of sp³-hybridized carbons (Fsp3) is 0.308. The van der Waals surface area contributed by atoms with Gasteiger partial charge in [-0.1, -0.05) is 0 Å². The van der Waals surface area contributed by atoms with E-state index in [1.54, 1.807) is 23.6 Å². The highest BCUT2D eigenvalue weighted by Crippen LogP contribution is 2.23. The molecule has 7 heteroatoms. The van der Waals surface area contributed by atoms with Crippen LogP contribution in [0.3, 0.4) is 0 Å². The van der Waals surface area contributed by atoms with Crippen LogP contribution in [0.2, 0.25) is 0 Å². The Morgan fingerprint density at radius 2 is 2.25 bits per heavy atom. The van der Waals surface area contributed by atoms with E-state index in [1.807, 2.05) is 18.5 Å². The minimum absolute atomic E-state index is 0.0280. The average molecular weight is 290 g/mol. The SMILES string of the molecule is CN(CCN)Cc1csc(-c2ccc(C(=N)N)nc2)n1. The van der Waals surface area contributed by atoms with Gasteiger partial charge in [0.15, 0.2) is 0 Å². The summed E-state index contributed by atoms with van der Waals surface area (Å²) in [6.07, 6.45) is 1.70. The van der Waals surface area contributed by atoms with Gasteiger partial charge in [0, 0.05) is 36.8 Å². The quantitative estimate of drug-likeness (QED) is 0.541. The van der Waals surface area contributed by atoms with Gasteiger partial charge in [-0.15, -0.1) is 11.3 Å². The van der Waals surface area contributed by atoms with Crippen molar-refractivity contribution in [2.24, 2.45) is 11.5 Å². The first-order chi connectivity index (χ1) is 9.60. The number of nitrogens with one attached hydrogen (secondary N) is 1. The zero-order valence-electron chi connectivity index (χ0n) is 11.3. The number of likely N-dealkylation sites (N-methyl/N-ethyl adjacent to an activating group) is 1. The molecule has 0 fully saturated rings. The Labute approximate surface area is 122 Å². The molecule has 0 aliphatic carbocycles. The fourth-order valence-corrected chi connectivity index (χ4v) is 2.57. The summed E-state index contributed by atoms with van der Waals surface area (Å²) >= 11 is 1.58. The first-order valence-corrected chi connectivity index (χ1v) is 7.12. The number of pyridine rings is 1. The normalized spacial score (nSPS) is 10.9. The third-order valence-electron chi connectivity index (χ3n) is 2.78. The molecule has 0 amide bonds. The van der Waals surface area contributed by atoms with Crippen LogP contribution in [0, 0.1) is 5.41 Å². The molecule has 20 heavy (non-hydrogen) atoms. The molecule has 0 unspecified atom stereocenters. The smallest absolute Gasteiger partial charge is 0.141 e. The van der Waals surface area contributed by atoms with E-state index >= 15 is 0 Å². The van der Waals surface area contributed by atoms with E-state index in [0.29, 0.717) is 12.2 Å². The molecule has 0 bridgehead atoms. The van der Waals surface area contributed by atoms with Crippen molar-refractivity contribution in [3.05, 3.63) is 35.1 Å². The number of nitrogens with two attached hydrogens (primary N) is 2. The van der Waals surface area contributed by atoms with Crippen LogP contribution in [-0.2, 0) is 6.54 Å². The summed E-state index contributed by atoms with van der Waals surface area (Å²) in [7, 11) is 2.02. The Balaban J connectivity index is 2.10. The fourth-order valence-electron chi connectivity index (χ4n) is 1.77. The number of nitrogens with zero attached hydrogens (tertiary/aromatic N) is 3. The molecule has 0 atom stereocenters. The van der Waals surface area contributed by atoms with E-state index in [-0.39, 0.29) is 5.84 Å². The first kappa shape index (κ1) is 14.6. The molecule has 2 aromatic rings. The maximum Gasteiger partial charge on any atom is 0.141 e. The topological polar surface area (TPSA) is 105 Å². The molecular weight excluding hydrogens is 272 g/mol. The Morgan fingerprint density at radius 1 is 1.45 bits per heavy atom. The highest BCUT2D eigenvalue weighted by molar-refractivity contribution is 7.13. The van der Waals surface area contributed by atoms with Crippen molar-refractivity contribution in [1.82, 2.24) is 14.9 Å². The maximum absolute atomic E-state index is 7.32. The minimum atomic E-state index is -0.0280. The molecule has 0 aliphatic heterocycles. The molecule has 0 radical (unpaired) electrons. The van der Waals surface area contributed by atoms with Gasteiger partial charge >= 0.3 is 0 Å². The van der Waals surface area contributed by atoms with Gasteiger partial charge in [0.25, 0.3) is 0 Å². The zero-order valence-corrected chi connectivity index (χ0v) is 12.2. The standard InChI is InChI=1S/C13H18N6S/c1-19(5-4-14)7-10-8-20-13(18-10)9-2-3-11(12(15)16)17-6-9/h2-3,6,8H,4-5,7,14H2,1H3,(H3,15,16). The van der Waals surface area contributed by atoms with E-state index < -0.39 is 0 Å². The molecule has 5 N–H and O–H groups in total. The number of thiazole rings is 1. The molecule has 2 rings (SSSR count). The highest BCUT2D eigenvalue weighted by atomic mass is 32.1. The lowest BCUT2D eigenvalue weighted by Crippen LogP contribution is -2.25. The molecule has 0 aromatic carbocycles. The van der Waals surface area contributed by atoms with E-state index in [0.717, 1.165) is 29.4 Å². The first-order valence-electron chi connectivity index (χ1n) is 6.24. The predicted molar refractivity (Wildman–Crippen MR) is 81.7 cm³/mol. The third-order valence-corrected chi connectivity index (χ3v) is 3.72. The highest BCUT2D eigenvalue weighted by Gasteiger charge is 2.08. The van der Waals surface area contributed by atoms with Crippen molar-refractivity contribution in [1.29, 1.82) is 5.41 Å². The van der Waals surface area contributed by atoms with Crippen LogP contribution in [0.25, 0.3) is 10.6 Å². The van der Waals surface area contributed by atoms with E-state index in [9.17, 15) is 0 Å². The van der Waals surface area contributed by atoms with Crippen LogP contribution in [0.5, 0.6) is 0 Å². The van der Waals surface area contributed by atoms with Gasteiger partial charge in [0.1, 0.15) is 16.5 Å². The number of aromatic nitrogens is 2. The van der Waals surface area contributed by atoms with Crippen molar-refractivity contribution < 1.29 is 0 Å². The lowest BCUT2D eigenvalue weighted by Gasteiger charge is -2.12. The van der Waals surface area contributed by atoms with Crippen molar-refractivity contribution >= 4 is 17.2 Å². The van der Waals surface area contributed by atoms with Crippen molar-refractivity contribution in [2.75, 3.05) is 20.1 Å². The zero-order chi connectivity index (χ0) is 14.5. The number of rotatable bonds is 6. The van der Waals surface area contributed by atoms with Crippen LogP contribution in [0.1, 0.15) is 11.4 Å². The molecule has 0 spiro atoms. The monoisotopic (exact) mass is 290 g/mol. The Hall–Kier alpha value is -1.83. The summed E-state index contributed by atoms with van der Waals surface area (Å²) in [5.41, 5.74) is 13.3. The average Bonchev–Trinajstić information content (AvgIpc) is 2.87. The summed E-state index contributed by atoms with van der Waals surface area (Å²) in [6.45, 7) is 2.28. The summed E-state index contributed by atoms with van der Waals surface area (Å²) in [6, 6.07) is 3.62. The molecule has 2 aromatic heterocycles. The van der Waals surface area contributed by atoms with Crippen LogP contribution in [0.15, 0.2) is 23.7 Å². The van der Waals surface area contributed by atoms with Crippen LogP contribution < -0.4 is 11.5 Å². The Morgan fingerprint density at radius 3 is 2.85 bits per heavy atom. The second kappa shape index (κ2) is 6.56. The van der Waals surface area contributed by atoms with Gasteiger partial charge in [-0.3, -0.25) is 15.3 Å². The number of amidine groups is 1. The van der Waals surface area contributed by atoms with Gasteiger partial charge in [0.05, 0.1) is 5.69 Å². The largest absolute Gasteiger partial charge is 0.382 e. The van der Waals surface area contributed by atoms with Gasteiger partial charge in [0.2, 0.25) is 0 Å². The molecule has 2 heterocycles. The number of hydrogen-bond acceptors (Lipinski definition) is 6. The molecule has 0 saturated heterocycles. The van der Waals surface area contributed by atoms with Crippen molar-refractivity contribution in [3.8, 4) is 10.6 Å². The summed E-state index contributed by atoms with van der Waals surface area (Å²) < 4.78 is 0. The minimum Gasteiger partial charge on any atom is -0.382 e. The summed E-state index contributed by atoms with van der Waals surface area (Å²) in [4.78, 5) is 10.9. The second-order valence-electron chi connectivity index (χ2n) is 4.52. The van der Waals surface area contributed by atoms with Gasteiger partial charge < -0.3 is 11.5 Å². The Bertz CT molecular complexity index is 577. The third kappa shape index (κ3) is 3.60. The van der Waals surface area contributed by atoms with Crippen molar-refractivity contribution in [2.45, 2.75) is 6.54 Å². The molecule has 0 aliphatic rings. The van der Waals surface area contributed by atoms with Gasteiger partial charge in [-0.2, -0.15) is 0 Å². The van der Waals surface area contributed by atoms with Gasteiger partial charge in [-0.05, 0) is 19.2 Å². The summed E-state index contributed by atoms with van der Waals surface area (Å²) in [5.74, 6) is -0.0280. The lowest BCUT2D eigenvalue weighted by atomic mass is 10.2. The van der Waals surface area contributed by atoms with Crippen molar-refractivity contribution in [3.63, 3.8) is 0 Å². The number of hydrogen-bond donors (Lipinski definition) is 3. The van der Waals surface area contributed by atoms with E-state index in [2.05, 4.69) is 14.9 Å². The van der Waals surface area contributed by atoms with Crippen LogP contribution >= 0.6 is 11.3 Å². The molecular formula is C13H18N6S. The van der Waals surface area contributed by atoms with Crippen LogP contribution in [-0.4, -0.2) is 40.8 Å². The number of nitrogen functional groups attached to an aromatic ring is 1. The van der Waals surface area contributed by atoms with Crippen LogP contribution in [0.4, 0.5) is 0 Å². The molecule has 6 nitrogen and oxygen atoms in total. The molecule has 0 saturated carbocycles. The maximum atomic E-state index is 7.32. The molecule has 106 valence electrons. The van der Waals surface area contributed by atoms with E-state index in [1.165, 1.54) is 0 Å². The Kier molecular flexibility index (Phi) is 4.78. The summed E-state index contributed by atoms with van der Waals surface area (Å²) in [5, 5.41) is 10.3. The lowest BCUT2D eigenvalue weighted by molar-refractivity contribution is 0.333. The second-order valence-corrected chi connectivity index (χ2v) is 5.37. The van der Waals surface area contributed by atoms with Gasteiger partial charge in [-0.25, -0.2) is 4.98 Å².